The van der Waals surface area contributed by atoms with Gasteiger partial charge in [0.2, 0.25) is 0 Å². The first-order chi connectivity index (χ1) is 9.78. The molecule has 0 aliphatic carbocycles. The fraction of sp³-hybridized carbons (Fsp3) is 0.0625. The monoisotopic (exact) mass is 281 g/mol. The van der Waals surface area contributed by atoms with Crippen LogP contribution in [0.15, 0.2) is 59.6 Å². The van der Waals surface area contributed by atoms with Gasteiger partial charge in [0.15, 0.2) is 0 Å². The summed E-state index contributed by atoms with van der Waals surface area (Å²) in [4.78, 5) is 5.58. The molecule has 0 unspecified atom stereocenters. The van der Waals surface area contributed by atoms with Crippen molar-refractivity contribution >= 4 is 39.7 Å². The molecule has 0 bridgehead atoms. The van der Waals surface area contributed by atoms with E-state index in [0.29, 0.717) is 5.69 Å². The Morgan fingerprint density at radius 3 is 2.80 bits per heavy atom. The lowest BCUT2D eigenvalue weighted by molar-refractivity contribution is 1.39. The van der Waals surface area contributed by atoms with E-state index in [1.807, 2.05) is 30.3 Å². The molecule has 0 saturated carbocycles. The Balaban J connectivity index is 2.04. The Bertz CT molecular complexity index is 756. The SMILES string of the molecule is CSc1cccc(Nc2ccnc3c(N)cccc23)c1. The summed E-state index contributed by atoms with van der Waals surface area (Å²) < 4.78 is 0. The van der Waals surface area contributed by atoms with E-state index < -0.39 is 0 Å². The number of benzene rings is 2. The van der Waals surface area contributed by atoms with Gasteiger partial charge in [-0.3, -0.25) is 4.98 Å². The van der Waals surface area contributed by atoms with Crippen LogP contribution in [0.4, 0.5) is 17.1 Å². The molecule has 100 valence electrons. The summed E-state index contributed by atoms with van der Waals surface area (Å²) in [6.45, 7) is 0. The maximum Gasteiger partial charge on any atom is 0.0951 e. The van der Waals surface area contributed by atoms with E-state index in [-0.39, 0.29) is 0 Å². The molecule has 1 aromatic heterocycles. The maximum absolute atomic E-state index is 5.97. The molecule has 0 saturated heterocycles. The minimum Gasteiger partial charge on any atom is -0.397 e. The summed E-state index contributed by atoms with van der Waals surface area (Å²) in [5, 5.41) is 4.47. The number of rotatable bonds is 3. The van der Waals surface area contributed by atoms with Gasteiger partial charge in [0.05, 0.1) is 11.2 Å². The zero-order chi connectivity index (χ0) is 13.9. The highest BCUT2D eigenvalue weighted by Gasteiger charge is 2.04. The van der Waals surface area contributed by atoms with Crippen LogP contribution in [0, 0.1) is 0 Å². The molecule has 0 amide bonds. The van der Waals surface area contributed by atoms with Gasteiger partial charge in [-0.2, -0.15) is 0 Å². The van der Waals surface area contributed by atoms with E-state index in [1.54, 1.807) is 18.0 Å². The van der Waals surface area contributed by atoms with Crippen LogP contribution in [0.5, 0.6) is 0 Å². The number of para-hydroxylation sites is 1. The van der Waals surface area contributed by atoms with Crippen molar-refractivity contribution < 1.29 is 0 Å². The standard InChI is InChI=1S/C16H15N3S/c1-20-12-5-2-4-11(10-12)19-15-8-9-18-16-13(15)6-3-7-14(16)17/h2-10H,17H2,1H3,(H,18,19). The number of thioether (sulfide) groups is 1. The summed E-state index contributed by atoms with van der Waals surface area (Å²) in [6, 6.07) is 16.1. The second-order valence-electron chi connectivity index (χ2n) is 4.46. The molecule has 3 nitrogen and oxygen atoms in total. The van der Waals surface area contributed by atoms with Gasteiger partial charge >= 0.3 is 0 Å². The third-order valence-corrected chi connectivity index (χ3v) is 3.88. The van der Waals surface area contributed by atoms with Gasteiger partial charge < -0.3 is 11.1 Å². The quantitative estimate of drug-likeness (QED) is 0.555. The van der Waals surface area contributed by atoms with Crippen molar-refractivity contribution in [1.29, 1.82) is 0 Å². The summed E-state index contributed by atoms with van der Waals surface area (Å²) in [5.74, 6) is 0. The molecular formula is C16H15N3S. The number of hydrogen-bond donors (Lipinski definition) is 2. The van der Waals surface area contributed by atoms with E-state index in [4.69, 9.17) is 5.73 Å². The number of anilines is 3. The third-order valence-electron chi connectivity index (χ3n) is 3.15. The largest absolute Gasteiger partial charge is 0.397 e. The van der Waals surface area contributed by atoms with Crippen LogP contribution < -0.4 is 11.1 Å². The Labute approximate surface area is 122 Å². The second-order valence-corrected chi connectivity index (χ2v) is 5.34. The molecule has 3 aromatic rings. The first kappa shape index (κ1) is 12.8. The van der Waals surface area contributed by atoms with Crippen LogP contribution in [0.25, 0.3) is 10.9 Å². The van der Waals surface area contributed by atoms with Crippen LogP contribution in [-0.2, 0) is 0 Å². The Morgan fingerprint density at radius 1 is 1.10 bits per heavy atom. The fourth-order valence-corrected chi connectivity index (χ4v) is 2.62. The minimum atomic E-state index is 0.698. The third kappa shape index (κ3) is 2.42. The number of hydrogen-bond acceptors (Lipinski definition) is 4. The number of pyridine rings is 1. The molecule has 0 aliphatic heterocycles. The molecule has 0 fully saturated rings. The molecule has 2 aromatic carbocycles. The number of nitrogens with two attached hydrogens (primary N) is 1. The molecule has 3 N–H and O–H groups in total. The predicted octanol–water partition coefficient (Wildman–Crippen LogP) is 4.28. The van der Waals surface area contributed by atoms with Gasteiger partial charge in [-0.05, 0) is 36.6 Å². The van der Waals surface area contributed by atoms with E-state index in [0.717, 1.165) is 22.3 Å². The average Bonchev–Trinajstić information content (AvgIpc) is 2.49. The molecule has 0 radical (unpaired) electrons. The van der Waals surface area contributed by atoms with Crippen molar-refractivity contribution in [2.24, 2.45) is 0 Å². The molecule has 20 heavy (non-hydrogen) atoms. The highest BCUT2D eigenvalue weighted by atomic mass is 32.2. The molecule has 3 rings (SSSR count). The maximum atomic E-state index is 5.97. The number of fused-ring (bicyclic) bond motifs is 1. The van der Waals surface area contributed by atoms with Gasteiger partial charge in [-0.25, -0.2) is 0 Å². The minimum absolute atomic E-state index is 0.698. The van der Waals surface area contributed by atoms with E-state index in [9.17, 15) is 0 Å². The topological polar surface area (TPSA) is 50.9 Å². The van der Waals surface area contributed by atoms with Gasteiger partial charge in [-0.15, -0.1) is 11.8 Å². The van der Waals surface area contributed by atoms with Gasteiger partial charge in [0.25, 0.3) is 0 Å². The number of aromatic nitrogens is 1. The predicted molar refractivity (Wildman–Crippen MR) is 87.7 cm³/mol. The lowest BCUT2D eigenvalue weighted by Gasteiger charge is -2.11. The Hall–Kier alpha value is -2.20. The highest BCUT2D eigenvalue weighted by molar-refractivity contribution is 7.98. The van der Waals surface area contributed by atoms with Crippen molar-refractivity contribution in [3.05, 3.63) is 54.7 Å². The van der Waals surface area contributed by atoms with E-state index in [2.05, 4.69) is 34.8 Å². The molecule has 0 spiro atoms. The molecular weight excluding hydrogens is 266 g/mol. The summed E-state index contributed by atoms with van der Waals surface area (Å²) in [5.41, 5.74) is 9.58. The molecule has 4 heteroatoms. The van der Waals surface area contributed by atoms with Crippen LogP contribution >= 0.6 is 11.8 Å². The summed E-state index contributed by atoms with van der Waals surface area (Å²) in [7, 11) is 0. The highest BCUT2D eigenvalue weighted by Crippen LogP contribution is 2.29. The molecule has 0 atom stereocenters. The lowest BCUT2D eigenvalue weighted by Crippen LogP contribution is -1.95. The van der Waals surface area contributed by atoms with Crippen LogP contribution in [0.2, 0.25) is 0 Å². The smallest absolute Gasteiger partial charge is 0.0951 e. The number of nitrogens with zero attached hydrogens (tertiary/aromatic N) is 1. The normalized spacial score (nSPS) is 10.7. The summed E-state index contributed by atoms with van der Waals surface area (Å²) >= 11 is 1.73. The van der Waals surface area contributed by atoms with E-state index in [1.165, 1.54) is 4.90 Å². The fourth-order valence-electron chi connectivity index (χ4n) is 2.16. The molecule has 1 heterocycles. The van der Waals surface area contributed by atoms with Crippen molar-refractivity contribution in [2.75, 3.05) is 17.3 Å². The van der Waals surface area contributed by atoms with Crippen molar-refractivity contribution in [1.82, 2.24) is 4.98 Å². The number of nitrogen functional groups attached to an aromatic ring is 1. The first-order valence-electron chi connectivity index (χ1n) is 6.32. The van der Waals surface area contributed by atoms with Crippen LogP contribution in [0.3, 0.4) is 0 Å². The van der Waals surface area contributed by atoms with Gasteiger partial charge in [-0.1, -0.05) is 18.2 Å². The first-order valence-corrected chi connectivity index (χ1v) is 7.54. The van der Waals surface area contributed by atoms with Crippen molar-refractivity contribution in [3.63, 3.8) is 0 Å². The average molecular weight is 281 g/mol. The molecule has 0 aliphatic rings. The second kappa shape index (κ2) is 5.43. The van der Waals surface area contributed by atoms with Crippen molar-refractivity contribution in [2.45, 2.75) is 4.90 Å². The van der Waals surface area contributed by atoms with Crippen LogP contribution in [-0.4, -0.2) is 11.2 Å². The summed E-state index contributed by atoms with van der Waals surface area (Å²) in [6.07, 6.45) is 3.85. The zero-order valence-corrected chi connectivity index (χ0v) is 11.9. The lowest BCUT2D eigenvalue weighted by atomic mass is 10.1. The number of nitrogens with one attached hydrogen (secondary N) is 1. The zero-order valence-electron chi connectivity index (χ0n) is 11.1. The van der Waals surface area contributed by atoms with E-state index >= 15 is 0 Å². The van der Waals surface area contributed by atoms with Crippen LogP contribution in [0.1, 0.15) is 0 Å². The Kier molecular flexibility index (Phi) is 3.48. The Morgan fingerprint density at radius 2 is 1.95 bits per heavy atom. The van der Waals surface area contributed by atoms with Gasteiger partial charge in [0.1, 0.15) is 0 Å². The van der Waals surface area contributed by atoms with Gasteiger partial charge in [0, 0.05) is 27.9 Å². The van der Waals surface area contributed by atoms with Crippen molar-refractivity contribution in [3.8, 4) is 0 Å².